The summed E-state index contributed by atoms with van der Waals surface area (Å²) in [5.74, 6) is 0.400. The van der Waals surface area contributed by atoms with E-state index in [9.17, 15) is 5.11 Å². The summed E-state index contributed by atoms with van der Waals surface area (Å²) in [6.07, 6.45) is 5.13. The summed E-state index contributed by atoms with van der Waals surface area (Å²) in [5.41, 5.74) is 4.11. The Labute approximate surface area is 126 Å². The molecule has 2 aromatic carbocycles. The van der Waals surface area contributed by atoms with Crippen LogP contribution in [0.2, 0.25) is 0 Å². The van der Waals surface area contributed by atoms with E-state index in [4.69, 9.17) is 0 Å². The van der Waals surface area contributed by atoms with Crippen LogP contribution < -0.4 is 0 Å². The third-order valence-corrected chi connectivity index (χ3v) is 4.33. The van der Waals surface area contributed by atoms with E-state index in [1.165, 1.54) is 12.0 Å². The number of aliphatic imine (C=N–C) groups is 1. The van der Waals surface area contributed by atoms with Crippen LogP contribution in [0.15, 0.2) is 47.5 Å². The lowest BCUT2D eigenvalue weighted by atomic mass is 9.72. The number of fused-ring (bicyclic) bond motifs is 1. The van der Waals surface area contributed by atoms with Crippen LogP contribution in [0.25, 0.3) is 0 Å². The van der Waals surface area contributed by atoms with Gasteiger partial charge in [0.1, 0.15) is 5.75 Å². The van der Waals surface area contributed by atoms with Crippen LogP contribution in [0.5, 0.6) is 5.75 Å². The molecule has 0 spiro atoms. The van der Waals surface area contributed by atoms with Crippen molar-refractivity contribution < 1.29 is 5.11 Å². The van der Waals surface area contributed by atoms with E-state index in [2.05, 4.69) is 24.9 Å². The maximum absolute atomic E-state index is 10.7. The molecule has 0 heterocycles. The van der Waals surface area contributed by atoms with Gasteiger partial charge in [0.05, 0.1) is 5.69 Å². The van der Waals surface area contributed by atoms with Crippen LogP contribution in [0.4, 0.5) is 5.69 Å². The highest BCUT2D eigenvalue weighted by molar-refractivity contribution is 5.86. The van der Waals surface area contributed by atoms with Crippen molar-refractivity contribution >= 4 is 11.9 Å². The molecule has 108 valence electrons. The summed E-state index contributed by atoms with van der Waals surface area (Å²) < 4.78 is 0. The van der Waals surface area contributed by atoms with Crippen LogP contribution in [0.1, 0.15) is 43.4 Å². The first kappa shape index (κ1) is 13.9. The molecule has 0 bridgehead atoms. The van der Waals surface area contributed by atoms with Crippen molar-refractivity contribution in [2.45, 2.75) is 38.5 Å². The first-order valence-electron chi connectivity index (χ1n) is 7.52. The standard InChI is InChI=1S/C19H21NO/c1-19(2)12-6-7-14-10-11-15(18(21)17(14)19)13-20-16-8-4-3-5-9-16/h3-5,8-11,13,21H,6-7,12H2,1-2H3. The van der Waals surface area contributed by atoms with E-state index in [1.807, 2.05) is 36.4 Å². The van der Waals surface area contributed by atoms with Gasteiger partial charge in [0, 0.05) is 17.3 Å². The van der Waals surface area contributed by atoms with E-state index in [0.29, 0.717) is 5.75 Å². The monoisotopic (exact) mass is 279 g/mol. The quantitative estimate of drug-likeness (QED) is 0.790. The summed E-state index contributed by atoms with van der Waals surface area (Å²) in [5, 5.41) is 10.7. The fourth-order valence-electron chi connectivity index (χ4n) is 3.22. The number of phenolic OH excluding ortho intramolecular Hbond substituents is 1. The Kier molecular flexibility index (Phi) is 3.54. The molecular weight excluding hydrogens is 258 g/mol. The molecule has 0 atom stereocenters. The first-order chi connectivity index (χ1) is 10.1. The van der Waals surface area contributed by atoms with E-state index >= 15 is 0 Å². The lowest BCUT2D eigenvalue weighted by Gasteiger charge is -2.33. The van der Waals surface area contributed by atoms with Crippen molar-refractivity contribution in [2.24, 2.45) is 4.99 Å². The van der Waals surface area contributed by atoms with Crippen molar-refractivity contribution in [3.05, 3.63) is 59.2 Å². The Hall–Kier alpha value is -2.09. The van der Waals surface area contributed by atoms with Gasteiger partial charge in [-0.3, -0.25) is 4.99 Å². The third kappa shape index (κ3) is 2.71. The Morgan fingerprint density at radius 2 is 1.86 bits per heavy atom. The van der Waals surface area contributed by atoms with Gasteiger partial charge in [-0.25, -0.2) is 0 Å². The van der Waals surface area contributed by atoms with Gasteiger partial charge in [-0.2, -0.15) is 0 Å². The number of benzene rings is 2. The zero-order valence-corrected chi connectivity index (χ0v) is 12.6. The van der Waals surface area contributed by atoms with Crippen LogP contribution in [0, 0.1) is 0 Å². The zero-order valence-electron chi connectivity index (χ0n) is 12.6. The molecule has 0 aliphatic heterocycles. The smallest absolute Gasteiger partial charge is 0.128 e. The molecule has 1 N–H and O–H groups in total. The Balaban J connectivity index is 2.00. The Morgan fingerprint density at radius 3 is 2.62 bits per heavy atom. The van der Waals surface area contributed by atoms with Crippen molar-refractivity contribution in [1.29, 1.82) is 0 Å². The van der Waals surface area contributed by atoms with Crippen LogP contribution in [-0.2, 0) is 11.8 Å². The second-order valence-corrected chi connectivity index (χ2v) is 6.37. The molecule has 2 aromatic rings. The number of aromatic hydroxyl groups is 1. The molecular formula is C19H21NO. The lowest BCUT2D eigenvalue weighted by molar-refractivity contribution is 0.391. The molecule has 0 fully saturated rings. The second kappa shape index (κ2) is 5.36. The van der Waals surface area contributed by atoms with Gasteiger partial charge in [0.2, 0.25) is 0 Å². The molecule has 0 saturated heterocycles. The minimum atomic E-state index is 0.0360. The minimum absolute atomic E-state index is 0.0360. The molecule has 1 aliphatic carbocycles. The lowest BCUT2D eigenvalue weighted by Crippen LogP contribution is -2.24. The van der Waals surface area contributed by atoms with Gasteiger partial charge in [-0.15, -0.1) is 0 Å². The number of para-hydroxylation sites is 1. The van der Waals surface area contributed by atoms with E-state index < -0.39 is 0 Å². The number of rotatable bonds is 2. The molecule has 2 heteroatoms. The molecule has 21 heavy (non-hydrogen) atoms. The fourth-order valence-corrected chi connectivity index (χ4v) is 3.22. The summed E-state index contributed by atoms with van der Waals surface area (Å²) >= 11 is 0. The van der Waals surface area contributed by atoms with Crippen molar-refractivity contribution in [2.75, 3.05) is 0 Å². The average Bonchev–Trinajstić information content (AvgIpc) is 2.47. The predicted molar refractivity (Wildman–Crippen MR) is 87.8 cm³/mol. The van der Waals surface area contributed by atoms with Gasteiger partial charge < -0.3 is 5.11 Å². The van der Waals surface area contributed by atoms with E-state index in [0.717, 1.165) is 29.7 Å². The van der Waals surface area contributed by atoms with Gasteiger partial charge in [-0.1, -0.05) is 38.1 Å². The van der Waals surface area contributed by atoms with Gasteiger partial charge >= 0.3 is 0 Å². The summed E-state index contributed by atoms with van der Waals surface area (Å²) in [6.45, 7) is 4.42. The normalized spacial score (nSPS) is 16.9. The number of hydrogen-bond donors (Lipinski definition) is 1. The highest BCUT2D eigenvalue weighted by atomic mass is 16.3. The molecule has 0 radical (unpaired) electrons. The molecule has 2 nitrogen and oxygen atoms in total. The Bertz CT molecular complexity index is 671. The van der Waals surface area contributed by atoms with Crippen molar-refractivity contribution in [3.8, 4) is 5.75 Å². The fraction of sp³-hybridized carbons (Fsp3) is 0.316. The van der Waals surface area contributed by atoms with Crippen LogP contribution in [-0.4, -0.2) is 11.3 Å². The second-order valence-electron chi connectivity index (χ2n) is 6.37. The zero-order chi connectivity index (χ0) is 14.9. The van der Waals surface area contributed by atoms with Gasteiger partial charge in [0.25, 0.3) is 0 Å². The molecule has 0 amide bonds. The number of nitrogens with zero attached hydrogens (tertiary/aromatic N) is 1. The highest BCUT2D eigenvalue weighted by Gasteiger charge is 2.30. The highest BCUT2D eigenvalue weighted by Crippen LogP contribution is 2.42. The molecule has 0 unspecified atom stereocenters. The average molecular weight is 279 g/mol. The minimum Gasteiger partial charge on any atom is -0.507 e. The Morgan fingerprint density at radius 1 is 1.10 bits per heavy atom. The molecule has 0 saturated carbocycles. The largest absolute Gasteiger partial charge is 0.507 e. The van der Waals surface area contributed by atoms with Crippen LogP contribution >= 0.6 is 0 Å². The molecule has 3 rings (SSSR count). The maximum atomic E-state index is 10.7. The van der Waals surface area contributed by atoms with Crippen molar-refractivity contribution in [3.63, 3.8) is 0 Å². The number of phenols is 1. The third-order valence-electron chi connectivity index (χ3n) is 4.33. The van der Waals surface area contributed by atoms with Crippen molar-refractivity contribution in [1.82, 2.24) is 0 Å². The summed E-state index contributed by atoms with van der Waals surface area (Å²) in [4.78, 5) is 4.45. The first-order valence-corrected chi connectivity index (χ1v) is 7.52. The molecule has 1 aliphatic rings. The van der Waals surface area contributed by atoms with E-state index in [1.54, 1.807) is 6.21 Å². The number of hydrogen-bond acceptors (Lipinski definition) is 2. The number of aryl methyl sites for hydroxylation is 1. The SMILES string of the molecule is CC1(C)CCCc2ccc(C=Nc3ccccc3)c(O)c21. The van der Waals surface area contributed by atoms with Gasteiger partial charge in [-0.05, 0) is 48.4 Å². The van der Waals surface area contributed by atoms with E-state index in [-0.39, 0.29) is 5.41 Å². The molecule has 0 aromatic heterocycles. The topological polar surface area (TPSA) is 32.6 Å². The maximum Gasteiger partial charge on any atom is 0.128 e. The summed E-state index contributed by atoms with van der Waals surface area (Å²) in [7, 11) is 0. The van der Waals surface area contributed by atoms with Crippen LogP contribution in [0.3, 0.4) is 0 Å². The van der Waals surface area contributed by atoms with Gasteiger partial charge in [0.15, 0.2) is 0 Å². The summed E-state index contributed by atoms with van der Waals surface area (Å²) in [6, 6.07) is 13.9. The predicted octanol–water partition coefficient (Wildman–Crippen LogP) is 4.76.